The van der Waals surface area contributed by atoms with Crippen LogP contribution in [0.5, 0.6) is 0 Å². The predicted molar refractivity (Wildman–Crippen MR) is 102 cm³/mol. The molecule has 0 spiro atoms. The van der Waals surface area contributed by atoms with E-state index in [1.807, 2.05) is 38.1 Å². The number of carbonyl (C=O) groups excluding carboxylic acids is 1. The zero-order valence-electron chi connectivity index (χ0n) is 14.7. The third-order valence-corrected chi connectivity index (χ3v) is 4.01. The molecule has 1 heterocycles. The molecule has 26 heavy (non-hydrogen) atoms. The maximum atomic E-state index is 13.7. The number of halogens is 1. The molecule has 0 aliphatic heterocycles. The average molecular weight is 349 g/mol. The molecule has 0 saturated carbocycles. The van der Waals surface area contributed by atoms with Crippen molar-refractivity contribution in [1.82, 2.24) is 4.98 Å². The summed E-state index contributed by atoms with van der Waals surface area (Å²) in [5, 5.41) is 2.96. The monoisotopic (exact) mass is 349 g/mol. The highest BCUT2D eigenvalue weighted by Crippen LogP contribution is 2.21. The average Bonchev–Trinajstić information content (AvgIpc) is 2.65. The van der Waals surface area contributed by atoms with Crippen molar-refractivity contribution < 1.29 is 9.18 Å². The van der Waals surface area contributed by atoms with Crippen LogP contribution in [0.25, 0.3) is 0 Å². The summed E-state index contributed by atoms with van der Waals surface area (Å²) < 4.78 is 13.7. The number of aryl methyl sites for hydroxylation is 1. The first kappa shape index (κ1) is 17.6. The lowest BCUT2D eigenvalue weighted by Crippen LogP contribution is -2.31. The number of para-hydroxylation sites is 1. The molecule has 3 rings (SSSR count). The van der Waals surface area contributed by atoms with Crippen LogP contribution in [0.1, 0.15) is 23.0 Å². The predicted octanol–water partition coefficient (Wildman–Crippen LogP) is 4.94. The van der Waals surface area contributed by atoms with Gasteiger partial charge in [-0.25, -0.2) is 9.37 Å². The molecule has 0 fully saturated rings. The molecule has 0 unspecified atom stereocenters. The van der Waals surface area contributed by atoms with Gasteiger partial charge in [-0.05, 0) is 55.8 Å². The van der Waals surface area contributed by atoms with Crippen LogP contribution in [0.3, 0.4) is 0 Å². The topological polar surface area (TPSA) is 45.2 Å². The Morgan fingerprint density at radius 1 is 1.12 bits per heavy atom. The molecule has 0 atom stereocenters. The van der Waals surface area contributed by atoms with E-state index in [1.54, 1.807) is 35.2 Å². The highest BCUT2D eigenvalue weighted by atomic mass is 19.1. The van der Waals surface area contributed by atoms with Gasteiger partial charge in [0.05, 0.1) is 17.6 Å². The van der Waals surface area contributed by atoms with Gasteiger partial charge >= 0.3 is 0 Å². The lowest BCUT2D eigenvalue weighted by molar-refractivity contribution is 0.0983. The van der Waals surface area contributed by atoms with E-state index in [0.29, 0.717) is 23.6 Å². The molecule has 1 N–H and O–H groups in total. The van der Waals surface area contributed by atoms with Crippen LogP contribution in [0.2, 0.25) is 0 Å². The third-order valence-electron chi connectivity index (χ3n) is 4.01. The lowest BCUT2D eigenvalue weighted by atomic mass is 10.2. The zero-order valence-corrected chi connectivity index (χ0v) is 14.7. The number of nitrogens with zero attached hydrogens (tertiary/aromatic N) is 2. The first-order valence-corrected chi connectivity index (χ1v) is 8.44. The van der Waals surface area contributed by atoms with Gasteiger partial charge in [-0.1, -0.05) is 24.3 Å². The molecule has 2 aromatic carbocycles. The molecule has 1 amide bonds. The molecule has 4 nitrogen and oxygen atoms in total. The van der Waals surface area contributed by atoms with Gasteiger partial charge in [-0.3, -0.25) is 4.79 Å². The highest BCUT2D eigenvalue weighted by molar-refractivity contribution is 6.04. The van der Waals surface area contributed by atoms with Crippen molar-refractivity contribution in [3.05, 3.63) is 83.9 Å². The quantitative estimate of drug-likeness (QED) is 0.710. The van der Waals surface area contributed by atoms with E-state index in [4.69, 9.17) is 0 Å². The lowest BCUT2D eigenvalue weighted by Gasteiger charge is -2.21. The Balaban J connectivity index is 1.79. The highest BCUT2D eigenvalue weighted by Gasteiger charge is 2.17. The second kappa shape index (κ2) is 7.78. The van der Waals surface area contributed by atoms with Gasteiger partial charge in [-0.15, -0.1) is 0 Å². The van der Waals surface area contributed by atoms with Crippen LogP contribution < -0.4 is 10.2 Å². The summed E-state index contributed by atoms with van der Waals surface area (Å²) in [6.45, 7) is 4.46. The van der Waals surface area contributed by atoms with Crippen LogP contribution in [-0.4, -0.2) is 17.4 Å². The molecule has 0 aliphatic carbocycles. The summed E-state index contributed by atoms with van der Waals surface area (Å²) in [7, 11) is 0. The number of anilines is 3. The number of rotatable bonds is 5. The van der Waals surface area contributed by atoms with Crippen molar-refractivity contribution in [1.29, 1.82) is 0 Å². The summed E-state index contributed by atoms with van der Waals surface area (Å²) in [5.41, 5.74) is 3.25. The van der Waals surface area contributed by atoms with E-state index in [2.05, 4.69) is 10.3 Å². The summed E-state index contributed by atoms with van der Waals surface area (Å²) in [5.74, 6) is -0.514. The molecular formula is C21H20FN3O. The zero-order chi connectivity index (χ0) is 18.5. The summed E-state index contributed by atoms with van der Waals surface area (Å²) in [6, 6.07) is 17.6. The van der Waals surface area contributed by atoms with Gasteiger partial charge in [0.15, 0.2) is 0 Å². The first-order chi connectivity index (χ1) is 12.6. The molecule has 5 heteroatoms. The Morgan fingerprint density at radius 3 is 2.58 bits per heavy atom. The number of pyridine rings is 1. The van der Waals surface area contributed by atoms with Crippen molar-refractivity contribution in [3.8, 4) is 0 Å². The van der Waals surface area contributed by atoms with Crippen molar-refractivity contribution in [2.75, 3.05) is 16.8 Å². The van der Waals surface area contributed by atoms with Crippen molar-refractivity contribution in [3.63, 3.8) is 0 Å². The van der Waals surface area contributed by atoms with E-state index in [0.717, 1.165) is 11.3 Å². The minimum Gasteiger partial charge on any atom is -0.352 e. The molecule has 0 aliphatic rings. The van der Waals surface area contributed by atoms with E-state index in [-0.39, 0.29) is 11.7 Å². The fraction of sp³-hybridized carbons (Fsp3) is 0.143. The fourth-order valence-electron chi connectivity index (χ4n) is 2.69. The summed E-state index contributed by atoms with van der Waals surface area (Å²) in [4.78, 5) is 18.7. The fourth-order valence-corrected chi connectivity index (χ4v) is 2.69. The Labute approximate surface area is 152 Å². The minimum atomic E-state index is -0.343. The molecule has 3 aromatic rings. The molecule has 132 valence electrons. The standard InChI is InChI=1S/C21H20FN3O/c1-3-25(17-8-6-7-15(2)13-17)21(26)20-12-11-16(14-23-20)24-19-10-5-4-9-18(19)22/h4-14,24H,3H2,1-2H3. The number of hydrogen-bond acceptors (Lipinski definition) is 3. The molecule has 0 bridgehead atoms. The Kier molecular flexibility index (Phi) is 5.27. The number of aromatic nitrogens is 1. The van der Waals surface area contributed by atoms with Crippen LogP contribution >= 0.6 is 0 Å². The second-order valence-electron chi connectivity index (χ2n) is 5.93. The smallest absolute Gasteiger partial charge is 0.276 e. The van der Waals surface area contributed by atoms with Gasteiger partial charge in [0.25, 0.3) is 5.91 Å². The van der Waals surface area contributed by atoms with Gasteiger partial charge in [-0.2, -0.15) is 0 Å². The van der Waals surface area contributed by atoms with Crippen LogP contribution in [0.15, 0.2) is 66.9 Å². The number of nitrogens with one attached hydrogen (secondary N) is 1. The molecule has 1 aromatic heterocycles. The van der Waals surface area contributed by atoms with Crippen LogP contribution in [-0.2, 0) is 0 Å². The number of benzene rings is 2. The Hall–Kier alpha value is -3.21. The van der Waals surface area contributed by atoms with Crippen molar-refractivity contribution in [2.45, 2.75) is 13.8 Å². The van der Waals surface area contributed by atoms with Gasteiger partial charge < -0.3 is 10.2 Å². The number of hydrogen-bond donors (Lipinski definition) is 1. The molecular weight excluding hydrogens is 329 g/mol. The number of carbonyl (C=O) groups is 1. The van der Waals surface area contributed by atoms with Crippen LogP contribution in [0.4, 0.5) is 21.5 Å². The maximum absolute atomic E-state index is 13.7. The molecule has 0 radical (unpaired) electrons. The van der Waals surface area contributed by atoms with Gasteiger partial charge in [0.1, 0.15) is 11.5 Å². The van der Waals surface area contributed by atoms with Crippen molar-refractivity contribution >= 4 is 23.0 Å². The van der Waals surface area contributed by atoms with E-state index < -0.39 is 0 Å². The normalized spacial score (nSPS) is 10.4. The molecule has 0 saturated heterocycles. The summed E-state index contributed by atoms with van der Waals surface area (Å²) >= 11 is 0. The second-order valence-corrected chi connectivity index (χ2v) is 5.93. The third kappa shape index (κ3) is 3.88. The number of amides is 1. The summed E-state index contributed by atoms with van der Waals surface area (Å²) in [6.07, 6.45) is 1.53. The van der Waals surface area contributed by atoms with Crippen LogP contribution in [0, 0.1) is 12.7 Å². The van der Waals surface area contributed by atoms with E-state index in [1.165, 1.54) is 12.3 Å². The first-order valence-electron chi connectivity index (χ1n) is 8.44. The van der Waals surface area contributed by atoms with Gasteiger partial charge in [0, 0.05) is 12.2 Å². The minimum absolute atomic E-state index is 0.171. The van der Waals surface area contributed by atoms with Crippen molar-refractivity contribution in [2.24, 2.45) is 0 Å². The SMILES string of the molecule is CCN(C(=O)c1ccc(Nc2ccccc2F)cn1)c1cccc(C)c1. The Morgan fingerprint density at radius 2 is 1.92 bits per heavy atom. The largest absolute Gasteiger partial charge is 0.352 e. The van der Waals surface area contributed by atoms with E-state index >= 15 is 0 Å². The Bertz CT molecular complexity index is 909. The van der Waals surface area contributed by atoms with Gasteiger partial charge in [0.2, 0.25) is 0 Å². The van der Waals surface area contributed by atoms with E-state index in [9.17, 15) is 9.18 Å². The maximum Gasteiger partial charge on any atom is 0.276 e.